The van der Waals surface area contributed by atoms with E-state index in [4.69, 9.17) is 0 Å². The lowest BCUT2D eigenvalue weighted by molar-refractivity contribution is 0.249. The molecule has 2 amide bonds. The van der Waals surface area contributed by atoms with E-state index in [1.807, 2.05) is 0 Å². The van der Waals surface area contributed by atoms with Gasteiger partial charge in [0.15, 0.2) is 23.3 Å². The van der Waals surface area contributed by atoms with Gasteiger partial charge in [0.1, 0.15) is 0 Å². The Kier molecular flexibility index (Phi) is 4.65. The van der Waals surface area contributed by atoms with Crippen LogP contribution in [0.3, 0.4) is 0 Å². The molecular weight excluding hydrogens is 300 g/mol. The molecule has 0 bridgehead atoms. The molecule has 116 valence electrons. The van der Waals surface area contributed by atoms with Crippen molar-refractivity contribution >= 4 is 11.7 Å². The molecule has 0 saturated carbocycles. The maximum atomic E-state index is 13.1. The zero-order chi connectivity index (χ0) is 16.3. The summed E-state index contributed by atoms with van der Waals surface area (Å²) >= 11 is 0. The molecule has 0 aliphatic carbocycles. The van der Waals surface area contributed by atoms with Crippen LogP contribution in [-0.4, -0.2) is 6.03 Å². The number of hydrogen-bond donors (Lipinski definition) is 2. The Balaban J connectivity index is 2.01. The van der Waals surface area contributed by atoms with Crippen molar-refractivity contribution in [3.05, 3.63) is 65.2 Å². The van der Waals surface area contributed by atoms with Crippen LogP contribution in [0, 0.1) is 23.3 Å². The Hall–Kier alpha value is -2.57. The quantitative estimate of drug-likeness (QED) is 0.822. The van der Waals surface area contributed by atoms with Crippen LogP contribution in [0.1, 0.15) is 18.5 Å². The van der Waals surface area contributed by atoms with Gasteiger partial charge in [0.05, 0.1) is 6.04 Å². The summed E-state index contributed by atoms with van der Waals surface area (Å²) in [5, 5.41) is 4.78. The number of nitrogens with one attached hydrogen (secondary N) is 2. The van der Waals surface area contributed by atoms with Crippen molar-refractivity contribution in [1.82, 2.24) is 5.32 Å². The third-order valence-corrected chi connectivity index (χ3v) is 2.97. The first-order valence-electron chi connectivity index (χ1n) is 6.34. The first kappa shape index (κ1) is 15.8. The van der Waals surface area contributed by atoms with Crippen molar-refractivity contribution in [1.29, 1.82) is 0 Å². The molecule has 0 aliphatic heterocycles. The summed E-state index contributed by atoms with van der Waals surface area (Å²) in [7, 11) is 0. The number of rotatable bonds is 3. The first-order valence-corrected chi connectivity index (χ1v) is 6.34. The Morgan fingerprint density at radius 2 is 1.50 bits per heavy atom. The average molecular weight is 312 g/mol. The maximum Gasteiger partial charge on any atom is 0.319 e. The predicted molar refractivity (Wildman–Crippen MR) is 73.3 cm³/mol. The van der Waals surface area contributed by atoms with E-state index in [0.717, 1.165) is 24.3 Å². The van der Waals surface area contributed by atoms with Crippen LogP contribution >= 0.6 is 0 Å². The molecule has 22 heavy (non-hydrogen) atoms. The highest BCUT2D eigenvalue weighted by Gasteiger charge is 2.12. The Labute approximate surface area is 124 Å². The van der Waals surface area contributed by atoms with Crippen LogP contribution in [0.15, 0.2) is 36.4 Å². The fourth-order valence-electron chi connectivity index (χ4n) is 1.80. The van der Waals surface area contributed by atoms with Gasteiger partial charge in [0.25, 0.3) is 0 Å². The fraction of sp³-hybridized carbons (Fsp3) is 0.133. The highest BCUT2D eigenvalue weighted by atomic mass is 19.2. The minimum atomic E-state index is -1.09. The zero-order valence-electron chi connectivity index (χ0n) is 11.5. The molecule has 3 nitrogen and oxygen atoms in total. The number of halogens is 4. The van der Waals surface area contributed by atoms with Gasteiger partial charge in [-0.25, -0.2) is 22.4 Å². The van der Waals surface area contributed by atoms with E-state index in [1.165, 1.54) is 12.1 Å². The van der Waals surface area contributed by atoms with Crippen molar-refractivity contribution < 1.29 is 22.4 Å². The lowest BCUT2D eigenvalue weighted by Gasteiger charge is -2.15. The SMILES string of the molecule is CC(NC(=O)Nc1ccc(F)c(F)c1)c1ccc(F)c(F)c1. The predicted octanol–water partition coefficient (Wildman–Crippen LogP) is 4.13. The van der Waals surface area contributed by atoms with Crippen molar-refractivity contribution in [3.63, 3.8) is 0 Å². The Morgan fingerprint density at radius 1 is 0.909 bits per heavy atom. The fourth-order valence-corrected chi connectivity index (χ4v) is 1.80. The molecule has 2 aromatic rings. The summed E-state index contributed by atoms with van der Waals surface area (Å²) in [5.74, 6) is -4.12. The molecule has 2 rings (SSSR count). The Morgan fingerprint density at radius 3 is 2.09 bits per heavy atom. The van der Waals surface area contributed by atoms with E-state index in [0.29, 0.717) is 5.56 Å². The van der Waals surface area contributed by atoms with Gasteiger partial charge in [-0.05, 0) is 36.8 Å². The van der Waals surface area contributed by atoms with Crippen molar-refractivity contribution in [2.45, 2.75) is 13.0 Å². The third kappa shape index (κ3) is 3.75. The third-order valence-electron chi connectivity index (χ3n) is 2.97. The summed E-state index contributed by atoms with van der Waals surface area (Å²) in [6.45, 7) is 1.57. The highest BCUT2D eigenvalue weighted by molar-refractivity contribution is 5.89. The number of carbonyl (C=O) groups excluding carboxylic acids is 1. The summed E-state index contributed by atoms with van der Waals surface area (Å²) in [5.41, 5.74) is 0.424. The van der Waals surface area contributed by atoms with Crippen molar-refractivity contribution in [2.75, 3.05) is 5.32 Å². The second-order valence-corrected chi connectivity index (χ2v) is 4.62. The minimum Gasteiger partial charge on any atom is -0.331 e. The van der Waals surface area contributed by atoms with E-state index in [-0.39, 0.29) is 5.69 Å². The maximum absolute atomic E-state index is 13.1. The molecule has 2 aromatic carbocycles. The molecule has 7 heteroatoms. The summed E-state index contributed by atoms with van der Waals surface area (Å²) < 4.78 is 51.8. The van der Waals surface area contributed by atoms with Gasteiger partial charge >= 0.3 is 6.03 Å². The van der Waals surface area contributed by atoms with Gasteiger partial charge in [0, 0.05) is 11.8 Å². The zero-order valence-corrected chi connectivity index (χ0v) is 11.5. The second kappa shape index (κ2) is 6.46. The van der Waals surface area contributed by atoms with E-state index in [2.05, 4.69) is 10.6 Å². The monoisotopic (exact) mass is 312 g/mol. The average Bonchev–Trinajstić information content (AvgIpc) is 2.45. The van der Waals surface area contributed by atoms with E-state index < -0.39 is 35.3 Å². The number of urea groups is 1. The highest BCUT2D eigenvalue weighted by Crippen LogP contribution is 2.17. The van der Waals surface area contributed by atoms with E-state index in [9.17, 15) is 22.4 Å². The van der Waals surface area contributed by atoms with Crippen molar-refractivity contribution in [2.24, 2.45) is 0 Å². The topological polar surface area (TPSA) is 41.1 Å². The number of hydrogen-bond acceptors (Lipinski definition) is 1. The van der Waals surface area contributed by atoms with Gasteiger partial charge in [-0.1, -0.05) is 6.07 Å². The Bertz CT molecular complexity index is 706. The first-order chi connectivity index (χ1) is 10.4. The molecule has 1 atom stereocenters. The largest absolute Gasteiger partial charge is 0.331 e. The molecule has 0 aromatic heterocycles. The molecule has 2 N–H and O–H groups in total. The molecule has 0 spiro atoms. The molecule has 0 radical (unpaired) electrons. The van der Waals surface area contributed by atoms with Gasteiger partial charge in [-0.2, -0.15) is 0 Å². The lowest BCUT2D eigenvalue weighted by atomic mass is 10.1. The van der Waals surface area contributed by atoms with Gasteiger partial charge < -0.3 is 10.6 Å². The van der Waals surface area contributed by atoms with Crippen LogP contribution < -0.4 is 10.6 Å². The summed E-state index contributed by atoms with van der Waals surface area (Å²) in [6, 6.07) is 4.86. The van der Waals surface area contributed by atoms with Crippen LogP contribution in [0.4, 0.5) is 28.0 Å². The van der Waals surface area contributed by atoms with Crippen LogP contribution in [0.2, 0.25) is 0 Å². The van der Waals surface area contributed by atoms with E-state index >= 15 is 0 Å². The number of benzene rings is 2. The van der Waals surface area contributed by atoms with Gasteiger partial charge in [-0.3, -0.25) is 0 Å². The smallest absolute Gasteiger partial charge is 0.319 e. The summed E-state index contributed by atoms with van der Waals surface area (Å²) in [4.78, 5) is 11.7. The number of anilines is 1. The van der Waals surface area contributed by atoms with Crippen LogP contribution in [-0.2, 0) is 0 Å². The number of carbonyl (C=O) groups is 1. The molecule has 0 heterocycles. The molecule has 0 fully saturated rings. The molecular formula is C15H12F4N2O. The minimum absolute atomic E-state index is 0.0638. The lowest BCUT2D eigenvalue weighted by Crippen LogP contribution is -2.31. The van der Waals surface area contributed by atoms with Gasteiger partial charge in [-0.15, -0.1) is 0 Å². The standard InChI is InChI=1S/C15H12F4N2O/c1-8(9-2-4-11(16)13(18)6-9)20-15(22)21-10-3-5-12(17)14(19)7-10/h2-8H,1H3,(H2,20,21,22). The molecule has 0 saturated heterocycles. The van der Waals surface area contributed by atoms with E-state index in [1.54, 1.807) is 6.92 Å². The van der Waals surface area contributed by atoms with Gasteiger partial charge in [0.2, 0.25) is 0 Å². The normalized spacial score (nSPS) is 11.9. The van der Waals surface area contributed by atoms with Crippen LogP contribution in [0.25, 0.3) is 0 Å². The van der Waals surface area contributed by atoms with Crippen LogP contribution in [0.5, 0.6) is 0 Å². The second-order valence-electron chi connectivity index (χ2n) is 4.62. The van der Waals surface area contributed by atoms with Crippen molar-refractivity contribution in [3.8, 4) is 0 Å². The molecule has 0 aliphatic rings. The molecule has 1 unspecified atom stereocenters. The summed E-state index contributed by atoms with van der Waals surface area (Å²) in [6.07, 6.45) is 0. The number of amides is 2.